The lowest BCUT2D eigenvalue weighted by atomic mass is 10.0. The van der Waals surface area contributed by atoms with Crippen LogP contribution < -0.4 is 5.32 Å². The maximum absolute atomic E-state index is 13.0. The number of anilines is 1. The first-order valence-electron chi connectivity index (χ1n) is 10.7. The van der Waals surface area contributed by atoms with Crippen molar-refractivity contribution in [2.45, 2.75) is 37.6 Å². The first kappa shape index (κ1) is 22.1. The zero-order valence-electron chi connectivity index (χ0n) is 18.2. The van der Waals surface area contributed by atoms with E-state index in [4.69, 9.17) is 4.42 Å². The van der Waals surface area contributed by atoms with Crippen molar-refractivity contribution in [1.82, 2.24) is 9.29 Å². The summed E-state index contributed by atoms with van der Waals surface area (Å²) >= 11 is 0. The average Bonchev–Trinajstić information content (AvgIpc) is 3.22. The van der Waals surface area contributed by atoms with E-state index in [-0.39, 0.29) is 28.4 Å². The monoisotopic (exact) mass is 450 g/mol. The number of nitriles is 1. The highest BCUT2D eigenvalue weighted by atomic mass is 32.2. The molecule has 32 heavy (non-hydrogen) atoms. The Bertz CT molecular complexity index is 1210. The first-order valence-corrected chi connectivity index (χ1v) is 12.2. The van der Waals surface area contributed by atoms with E-state index in [1.807, 2.05) is 37.3 Å². The number of oxazole rings is 1. The molecule has 2 aromatic carbocycles. The highest BCUT2D eigenvalue weighted by Crippen LogP contribution is 2.30. The number of rotatable bonds is 6. The molecule has 0 radical (unpaired) electrons. The fourth-order valence-electron chi connectivity index (χ4n) is 3.92. The fraction of sp³-hybridized carbons (Fsp3) is 0.333. The summed E-state index contributed by atoms with van der Waals surface area (Å²) < 4.78 is 33.3. The lowest BCUT2D eigenvalue weighted by Crippen LogP contribution is -2.39. The summed E-state index contributed by atoms with van der Waals surface area (Å²) in [7, 11) is -3.53. The third kappa shape index (κ3) is 4.54. The van der Waals surface area contributed by atoms with Gasteiger partial charge in [0.2, 0.25) is 27.5 Å². The molecule has 2 atom stereocenters. The van der Waals surface area contributed by atoms with Crippen LogP contribution in [-0.2, 0) is 10.0 Å². The number of nitrogens with zero attached hydrogens (tertiary/aromatic N) is 3. The second-order valence-electron chi connectivity index (χ2n) is 8.22. The molecule has 0 spiro atoms. The lowest BCUT2D eigenvalue weighted by molar-refractivity contribution is 0.281. The minimum atomic E-state index is -3.53. The molecular formula is C24H26N4O3S. The molecule has 166 valence electrons. The third-order valence-electron chi connectivity index (χ3n) is 5.74. The Labute approximate surface area is 188 Å². The van der Waals surface area contributed by atoms with Crippen LogP contribution in [0.25, 0.3) is 11.5 Å². The van der Waals surface area contributed by atoms with E-state index in [1.54, 1.807) is 28.6 Å². The maximum atomic E-state index is 13.0. The predicted molar refractivity (Wildman–Crippen MR) is 122 cm³/mol. The van der Waals surface area contributed by atoms with E-state index in [9.17, 15) is 13.7 Å². The molecule has 1 N–H and O–H groups in total. The summed E-state index contributed by atoms with van der Waals surface area (Å²) in [6.45, 7) is 5.14. The van der Waals surface area contributed by atoms with E-state index >= 15 is 0 Å². The normalized spacial score (nSPS) is 18.1. The zero-order chi connectivity index (χ0) is 22.7. The minimum absolute atomic E-state index is 0.0800. The smallest absolute Gasteiger partial charge is 0.243 e. The Morgan fingerprint density at radius 2 is 1.91 bits per heavy atom. The van der Waals surface area contributed by atoms with Crippen molar-refractivity contribution in [3.05, 3.63) is 65.9 Å². The Balaban J connectivity index is 1.55. The van der Waals surface area contributed by atoms with Gasteiger partial charge in [-0.1, -0.05) is 37.3 Å². The third-order valence-corrected chi connectivity index (χ3v) is 7.62. The Morgan fingerprint density at radius 3 is 2.56 bits per heavy atom. The molecule has 0 unspecified atom stereocenters. The SMILES string of the molecule is C[C@@H]1CCCN(S(=O)(=O)c2ccc(-c3nc(C#N)c(N[C@H](C)c4ccccc4)o3)cc2)C1. The number of piperidine rings is 1. The summed E-state index contributed by atoms with van der Waals surface area (Å²) in [5, 5.41) is 12.7. The van der Waals surface area contributed by atoms with Crippen LogP contribution in [-0.4, -0.2) is 30.8 Å². The molecule has 0 aliphatic carbocycles. The van der Waals surface area contributed by atoms with Gasteiger partial charge in [0, 0.05) is 18.7 Å². The summed E-state index contributed by atoms with van der Waals surface area (Å²) in [5.41, 5.74) is 1.81. The van der Waals surface area contributed by atoms with Crippen molar-refractivity contribution in [3.63, 3.8) is 0 Å². The molecule has 1 fully saturated rings. The van der Waals surface area contributed by atoms with Gasteiger partial charge in [0.25, 0.3) is 0 Å². The molecule has 1 aliphatic rings. The summed E-state index contributed by atoms with van der Waals surface area (Å²) in [6.07, 6.45) is 1.93. The van der Waals surface area contributed by atoms with E-state index in [2.05, 4.69) is 23.3 Å². The van der Waals surface area contributed by atoms with Crippen molar-refractivity contribution in [3.8, 4) is 17.5 Å². The van der Waals surface area contributed by atoms with Crippen LogP contribution in [0.2, 0.25) is 0 Å². The van der Waals surface area contributed by atoms with Crippen molar-refractivity contribution < 1.29 is 12.8 Å². The minimum Gasteiger partial charge on any atom is -0.419 e. The van der Waals surface area contributed by atoms with Gasteiger partial charge in [-0.05, 0) is 55.5 Å². The number of benzene rings is 2. The molecule has 0 saturated carbocycles. The van der Waals surface area contributed by atoms with Crippen molar-refractivity contribution >= 4 is 15.9 Å². The molecule has 2 heterocycles. The van der Waals surface area contributed by atoms with Crippen LogP contribution in [0.1, 0.15) is 44.0 Å². The topological polar surface area (TPSA) is 99.2 Å². The molecule has 7 nitrogen and oxygen atoms in total. The predicted octanol–water partition coefficient (Wildman–Crippen LogP) is 4.81. The average molecular weight is 451 g/mol. The molecule has 3 aromatic rings. The number of hydrogen-bond acceptors (Lipinski definition) is 6. The van der Waals surface area contributed by atoms with Gasteiger partial charge in [-0.15, -0.1) is 0 Å². The molecule has 0 amide bonds. The standard InChI is InChI=1S/C24H26N4O3S/c1-17-7-6-14-28(16-17)32(29,30)21-12-10-20(11-13-21)23-27-22(15-25)24(31-23)26-18(2)19-8-4-3-5-9-19/h3-5,8-13,17-18,26H,6-7,14,16H2,1-2H3/t17-,18-/m1/s1. The second-order valence-corrected chi connectivity index (χ2v) is 10.2. The Kier molecular flexibility index (Phi) is 6.31. The number of hydrogen-bond donors (Lipinski definition) is 1. The Hall–Kier alpha value is -3.15. The molecule has 4 rings (SSSR count). The van der Waals surface area contributed by atoms with E-state index in [0.717, 1.165) is 18.4 Å². The quantitative estimate of drug-likeness (QED) is 0.579. The van der Waals surface area contributed by atoms with Gasteiger partial charge < -0.3 is 9.73 Å². The van der Waals surface area contributed by atoms with Crippen LogP contribution in [0.15, 0.2) is 63.9 Å². The number of nitrogens with one attached hydrogen (secondary N) is 1. The van der Waals surface area contributed by atoms with Gasteiger partial charge in [0.05, 0.1) is 10.9 Å². The highest BCUT2D eigenvalue weighted by molar-refractivity contribution is 7.89. The first-order chi connectivity index (χ1) is 15.4. The van der Waals surface area contributed by atoms with E-state index in [0.29, 0.717) is 24.6 Å². The van der Waals surface area contributed by atoms with Crippen LogP contribution in [0, 0.1) is 17.2 Å². The van der Waals surface area contributed by atoms with Crippen LogP contribution in [0.5, 0.6) is 0 Å². The van der Waals surface area contributed by atoms with Crippen molar-refractivity contribution in [1.29, 1.82) is 5.26 Å². The van der Waals surface area contributed by atoms with Crippen LogP contribution in [0.4, 0.5) is 5.88 Å². The van der Waals surface area contributed by atoms with Gasteiger partial charge in [0.15, 0.2) is 0 Å². The van der Waals surface area contributed by atoms with Crippen LogP contribution >= 0.6 is 0 Å². The highest BCUT2D eigenvalue weighted by Gasteiger charge is 2.28. The molecule has 1 aromatic heterocycles. The lowest BCUT2D eigenvalue weighted by Gasteiger charge is -2.30. The van der Waals surface area contributed by atoms with Gasteiger partial charge >= 0.3 is 0 Å². The number of sulfonamides is 1. The van der Waals surface area contributed by atoms with Crippen molar-refractivity contribution in [2.75, 3.05) is 18.4 Å². The van der Waals surface area contributed by atoms with Gasteiger partial charge in [-0.3, -0.25) is 0 Å². The van der Waals surface area contributed by atoms with Gasteiger partial charge in [-0.2, -0.15) is 14.6 Å². The van der Waals surface area contributed by atoms with Gasteiger partial charge in [-0.25, -0.2) is 8.42 Å². The summed E-state index contributed by atoms with van der Waals surface area (Å²) in [6, 6.07) is 18.3. The summed E-state index contributed by atoms with van der Waals surface area (Å²) in [5.74, 6) is 0.913. The molecule has 1 saturated heterocycles. The fourth-order valence-corrected chi connectivity index (χ4v) is 5.52. The van der Waals surface area contributed by atoms with E-state index < -0.39 is 10.0 Å². The maximum Gasteiger partial charge on any atom is 0.243 e. The zero-order valence-corrected chi connectivity index (χ0v) is 19.0. The van der Waals surface area contributed by atoms with Crippen molar-refractivity contribution in [2.24, 2.45) is 5.92 Å². The van der Waals surface area contributed by atoms with E-state index in [1.165, 1.54) is 0 Å². The van der Waals surface area contributed by atoms with Crippen LogP contribution in [0.3, 0.4) is 0 Å². The Morgan fingerprint density at radius 1 is 1.19 bits per heavy atom. The van der Waals surface area contributed by atoms with Gasteiger partial charge in [0.1, 0.15) is 6.07 Å². The second kappa shape index (κ2) is 9.15. The molecule has 0 bridgehead atoms. The molecule has 1 aliphatic heterocycles. The molecule has 8 heteroatoms. The largest absolute Gasteiger partial charge is 0.419 e. The molecular weight excluding hydrogens is 424 g/mol. The number of aromatic nitrogens is 1. The summed E-state index contributed by atoms with van der Waals surface area (Å²) in [4.78, 5) is 4.54.